The van der Waals surface area contributed by atoms with E-state index in [9.17, 15) is 4.79 Å². The van der Waals surface area contributed by atoms with Crippen molar-refractivity contribution in [1.82, 2.24) is 5.32 Å². The van der Waals surface area contributed by atoms with Crippen molar-refractivity contribution in [1.29, 1.82) is 0 Å². The van der Waals surface area contributed by atoms with Crippen LogP contribution in [0.2, 0.25) is 0 Å². The predicted octanol–water partition coefficient (Wildman–Crippen LogP) is 3.12. The maximum absolute atomic E-state index is 12.0. The molecule has 0 bridgehead atoms. The van der Waals surface area contributed by atoms with Crippen LogP contribution in [0.25, 0.3) is 0 Å². The summed E-state index contributed by atoms with van der Waals surface area (Å²) in [5.41, 5.74) is 7.89. The number of rotatable bonds is 4. The second kappa shape index (κ2) is 6.10. The molecule has 0 heterocycles. The van der Waals surface area contributed by atoms with Gasteiger partial charge in [0.1, 0.15) is 11.5 Å². The van der Waals surface area contributed by atoms with Gasteiger partial charge in [-0.1, -0.05) is 12.1 Å². The summed E-state index contributed by atoms with van der Waals surface area (Å²) < 4.78 is 5.80. The monoisotopic (exact) mass is 270 g/mol. The smallest absolute Gasteiger partial charge is 0.255 e. The third-order valence-corrected chi connectivity index (χ3v) is 2.80. The molecule has 2 aromatic carbocycles. The van der Waals surface area contributed by atoms with Crippen LogP contribution in [-0.4, -0.2) is 12.5 Å². The third kappa shape index (κ3) is 3.29. The van der Waals surface area contributed by atoms with Gasteiger partial charge < -0.3 is 15.8 Å². The second-order valence-electron chi connectivity index (χ2n) is 4.53. The minimum atomic E-state index is -0.171. The fourth-order valence-corrected chi connectivity index (χ4v) is 1.87. The first kappa shape index (κ1) is 13.9. The number of nitrogen functional groups attached to an aromatic ring is 1. The topological polar surface area (TPSA) is 64.4 Å². The van der Waals surface area contributed by atoms with E-state index in [1.807, 2.05) is 38.1 Å². The Kier molecular flexibility index (Phi) is 4.25. The number of hydrogen-bond donors (Lipinski definition) is 2. The largest absolute Gasteiger partial charge is 0.456 e. The maximum Gasteiger partial charge on any atom is 0.255 e. The Bertz CT molecular complexity index is 624. The Labute approximate surface area is 118 Å². The molecule has 3 N–H and O–H groups in total. The van der Waals surface area contributed by atoms with Gasteiger partial charge in [-0.3, -0.25) is 4.79 Å². The summed E-state index contributed by atoms with van der Waals surface area (Å²) in [7, 11) is 0. The summed E-state index contributed by atoms with van der Waals surface area (Å²) in [6.45, 7) is 4.42. The number of ether oxygens (including phenoxy) is 1. The zero-order valence-electron chi connectivity index (χ0n) is 11.6. The van der Waals surface area contributed by atoms with Gasteiger partial charge in [-0.2, -0.15) is 0 Å². The maximum atomic E-state index is 12.0. The number of nitrogens with one attached hydrogen (secondary N) is 1. The zero-order valence-corrected chi connectivity index (χ0v) is 11.6. The first-order chi connectivity index (χ1) is 9.60. The van der Waals surface area contributed by atoms with Gasteiger partial charge in [-0.05, 0) is 43.7 Å². The number of aryl methyl sites for hydroxylation is 1. The molecule has 2 rings (SSSR count). The van der Waals surface area contributed by atoms with Crippen LogP contribution in [0.3, 0.4) is 0 Å². The first-order valence-corrected chi connectivity index (χ1v) is 6.52. The molecular formula is C16H18N2O2. The van der Waals surface area contributed by atoms with Crippen molar-refractivity contribution in [2.24, 2.45) is 0 Å². The molecule has 0 aliphatic heterocycles. The predicted molar refractivity (Wildman–Crippen MR) is 80.1 cm³/mol. The van der Waals surface area contributed by atoms with E-state index in [4.69, 9.17) is 10.5 Å². The van der Waals surface area contributed by atoms with Crippen molar-refractivity contribution < 1.29 is 9.53 Å². The van der Waals surface area contributed by atoms with Crippen molar-refractivity contribution in [2.45, 2.75) is 13.8 Å². The van der Waals surface area contributed by atoms with Crippen LogP contribution in [0.15, 0.2) is 42.5 Å². The number of benzene rings is 2. The average Bonchev–Trinajstić information content (AvgIpc) is 2.39. The van der Waals surface area contributed by atoms with E-state index in [2.05, 4.69) is 5.32 Å². The molecule has 0 aliphatic rings. The Morgan fingerprint density at radius 1 is 1.25 bits per heavy atom. The highest BCUT2D eigenvalue weighted by Gasteiger charge is 2.13. The van der Waals surface area contributed by atoms with Crippen LogP contribution in [0.5, 0.6) is 11.5 Å². The normalized spacial score (nSPS) is 10.1. The molecule has 20 heavy (non-hydrogen) atoms. The number of hydrogen-bond acceptors (Lipinski definition) is 3. The number of anilines is 1. The molecule has 0 aromatic heterocycles. The summed E-state index contributed by atoms with van der Waals surface area (Å²) in [6, 6.07) is 12.7. The number of amides is 1. The first-order valence-electron chi connectivity index (χ1n) is 6.52. The van der Waals surface area contributed by atoms with E-state index in [1.165, 1.54) is 0 Å². The molecule has 0 radical (unpaired) electrons. The molecule has 0 fully saturated rings. The van der Waals surface area contributed by atoms with Crippen LogP contribution < -0.4 is 15.8 Å². The standard InChI is InChI=1S/C16H18N2O2/c1-3-18-16(19)14-8-7-12(17)10-15(14)20-13-6-4-5-11(2)9-13/h4-10H,3,17H2,1-2H3,(H,18,19). The number of carbonyl (C=O) groups is 1. The van der Waals surface area contributed by atoms with Gasteiger partial charge in [0.25, 0.3) is 5.91 Å². The van der Waals surface area contributed by atoms with Crippen molar-refractivity contribution in [3.8, 4) is 11.5 Å². The summed E-state index contributed by atoms with van der Waals surface area (Å²) >= 11 is 0. The SMILES string of the molecule is CCNC(=O)c1ccc(N)cc1Oc1cccc(C)c1. The van der Waals surface area contributed by atoms with Crippen LogP contribution >= 0.6 is 0 Å². The lowest BCUT2D eigenvalue weighted by molar-refractivity contribution is 0.0953. The van der Waals surface area contributed by atoms with E-state index in [-0.39, 0.29) is 5.91 Å². The Morgan fingerprint density at radius 3 is 2.75 bits per heavy atom. The van der Waals surface area contributed by atoms with Crippen molar-refractivity contribution in [2.75, 3.05) is 12.3 Å². The molecule has 2 aromatic rings. The molecule has 0 unspecified atom stereocenters. The van der Waals surface area contributed by atoms with Gasteiger partial charge in [-0.25, -0.2) is 0 Å². The van der Waals surface area contributed by atoms with E-state index in [0.717, 1.165) is 5.56 Å². The van der Waals surface area contributed by atoms with Crippen LogP contribution in [0.1, 0.15) is 22.8 Å². The molecule has 4 heteroatoms. The summed E-state index contributed by atoms with van der Waals surface area (Å²) in [5, 5.41) is 2.76. The lowest BCUT2D eigenvalue weighted by Gasteiger charge is -2.12. The van der Waals surface area contributed by atoms with Crippen LogP contribution in [0, 0.1) is 6.92 Å². The molecule has 0 saturated carbocycles. The summed E-state index contributed by atoms with van der Waals surface area (Å²) in [5.74, 6) is 0.970. The van der Waals surface area contributed by atoms with E-state index in [1.54, 1.807) is 18.2 Å². The number of carbonyl (C=O) groups excluding carboxylic acids is 1. The highest BCUT2D eigenvalue weighted by molar-refractivity contribution is 5.97. The molecule has 4 nitrogen and oxygen atoms in total. The van der Waals surface area contributed by atoms with Gasteiger partial charge in [0.05, 0.1) is 5.56 Å². The minimum Gasteiger partial charge on any atom is -0.456 e. The van der Waals surface area contributed by atoms with E-state index < -0.39 is 0 Å². The molecule has 0 spiro atoms. The van der Waals surface area contributed by atoms with Gasteiger partial charge in [0, 0.05) is 18.3 Å². The quantitative estimate of drug-likeness (QED) is 0.839. The molecule has 104 valence electrons. The summed E-state index contributed by atoms with van der Waals surface area (Å²) in [6.07, 6.45) is 0. The third-order valence-electron chi connectivity index (χ3n) is 2.80. The molecule has 0 saturated heterocycles. The van der Waals surface area contributed by atoms with Gasteiger partial charge >= 0.3 is 0 Å². The Morgan fingerprint density at radius 2 is 2.05 bits per heavy atom. The van der Waals surface area contributed by atoms with Gasteiger partial charge in [-0.15, -0.1) is 0 Å². The fourth-order valence-electron chi connectivity index (χ4n) is 1.87. The molecule has 0 aliphatic carbocycles. The van der Waals surface area contributed by atoms with Gasteiger partial charge in [0.15, 0.2) is 0 Å². The van der Waals surface area contributed by atoms with Crippen LogP contribution in [0.4, 0.5) is 5.69 Å². The summed E-state index contributed by atoms with van der Waals surface area (Å²) in [4.78, 5) is 12.0. The highest BCUT2D eigenvalue weighted by Crippen LogP contribution is 2.28. The minimum absolute atomic E-state index is 0.171. The lowest BCUT2D eigenvalue weighted by Crippen LogP contribution is -2.23. The van der Waals surface area contributed by atoms with Crippen LogP contribution in [-0.2, 0) is 0 Å². The zero-order chi connectivity index (χ0) is 14.5. The molecular weight excluding hydrogens is 252 g/mol. The van der Waals surface area contributed by atoms with Crippen molar-refractivity contribution in [3.05, 3.63) is 53.6 Å². The van der Waals surface area contributed by atoms with E-state index >= 15 is 0 Å². The van der Waals surface area contributed by atoms with E-state index in [0.29, 0.717) is 29.3 Å². The molecule has 1 amide bonds. The second-order valence-corrected chi connectivity index (χ2v) is 4.53. The van der Waals surface area contributed by atoms with Gasteiger partial charge in [0.2, 0.25) is 0 Å². The number of nitrogens with two attached hydrogens (primary N) is 1. The Balaban J connectivity index is 2.34. The van der Waals surface area contributed by atoms with Crippen molar-refractivity contribution in [3.63, 3.8) is 0 Å². The lowest BCUT2D eigenvalue weighted by atomic mass is 10.1. The fraction of sp³-hybridized carbons (Fsp3) is 0.188. The Hall–Kier alpha value is -2.49. The highest BCUT2D eigenvalue weighted by atomic mass is 16.5. The van der Waals surface area contributed by atoms with Crippen molar-refractivity contribution >= 4 is 11.6 Å². The average molecular weight is 270 g/mol. The molecule has 0 atom stereocenters.